The van der Waals surface area contributed by atoms with E-state index in [1.54, 1.807) is 0 Å². The molecule has 0 aliphatic heterocycles. The van der Waals surface area contributed by atoms with Crippen molar-refractivity contribution in [2.75, 3.05) is 19.7 Å². The van der Waals surface area contributed by atoms with Gasteiger partial charge in [-0.05, 0) is 32.8 Å². The van der Waals surface area contributed by atoms with Gasteiger partial charge in [0.2, 0.25) is 0 Å². The van der Waals surface area contributed by atoms with E-state index in [-0.39, 0.29) is 6.10 Å². The summed E-state index contributed by atoms with van der Waals surface area (Å²) >= 11 is 0. The Balaban J connectivity index is 1.95. The number of para-hydroxylation sites is 1. The highest BCUT2D eigenvalue weighted by Crippen LogP contribution is 2.24. The van der Waals surface area contributed by atoms with Gasteiger partial charge in [0.15, 0.2) is 5.96 Å². The zero-order valence-corrected chi connectivity index (χ0v) is 14.2. The summed E-state index contributed by atoms with van der Waals surface area (Å²) in [6.07, 6.45) is 2.94. The molecule has 0 aromatic heterocycles. The van der Waals surface area contributed by atoms with Crippen LogP contribution in [0.3, 0.4) is 0 Å². The molecule has 1 saturated carbocycles. The van der Waals surface area contributed by atoms with Crippen LogP contribution in [0.4, 0.5) is 0 Å². The van der Waals surface area contributed by atoms with Crippen molar-refractivity contribution in [1.82, 2.24) is 10.6 Å². The van der Waals surface area contributed by atoms with Gasteiger partial charge in [0, 0.05) is 24.6 Å². The van der Waals surface area contributed by atoms with Crippen molar-refractivity contribution in [2.24, 2.45) is 10.9 Å². The molecule has 2 atom stereocenters. The first-order chi connectivity index (χ1) is 11.2. The maximum Gasteiger partial charge on any atom is 0.191 e. The fraction of sp³-hybridized carbons (Fsp3) is 0.611. The second-order valence-electron chi connectivity index (χ2n) is 5.88. The van der Waals surface area contributed by atoms with Gasteiger partial charge in [-0.15, -0.1) is 0 Å². The first kappa shape index (κ1) is 17.6. The Kier molecular flexibility index (Phi) is 7.20. The number of hydrogen-bond donors (Lipinski definition) is 3. The van der Waals surface area contributed by atoms with Crippen LogP contribution in [0.5, 0.6) is 5.75 Å². The summed E-state index contributed by atoms with van der Waals surface area (Å²) < 4.78 is 5.64. The Morgan fingerprint density at radius 2 is 2.09 bits per heavy atom. The summed E-state index contributed by atoms with van der Waals surface area (Å²) in [4.78, 5) is 4.65. The van der Waals surface area contributed by atoms with E-state index in [0.29, 0.717) is 19.1 Å². The van der Waals surface area contributed by atoms with Crippen molar-refractivity contribution < 1.29 is 9.84 Å². The molecule has 0 amide bonds. The number of nitrogens with zero attached hydrogens (tertiary/aromatic N) is 1. The van der Waals surface area contributed by atoms with Gasteiger partial charge in [0.25, 0.3) is 0 Å². The van der Waals surface area contributed by atoms with Crippen molar-refractivity contribution in [3.8, 4) is 5.75 Å². The Labute approximate surface area is 139 Å². The van der Waals surface area contributed by atoms with Crippen LogP contribution in [0, 0.1) is 5.92 Å². The van der Waals surface area contributed by atoms with Gasteiger partial charge in [-0.3, -0.25) is 0 Å². The summed E-state index contributed by atoms with van der Waals surface area (Å²) in [6.45, 7) is 6.83. The Bertz CT molecular complexity index is 505. The number of guanidine groups is 1. The summed E-state index contributed by atoms with van der Waals surface area (Å²) in [5.41, 5.74) is 1.08. The van der Waals surface area contributed by atoms with Crippen molar-refractivity contribution in [1.29, 1.82) is 0 Å². The molecule has 1 fully saturated rings. The number of rotatable bonds is 7. The fourth-order valence-electron chi connectivity index (χ4n) is 2.92. The molecular formula is C18H29N3O2. The molecule has 5 heteroatoms. The van der Waals surface area contributed by atoms with E-state index in [0.717, 1.165) is 49.6 Å². The van der Waals surface area contributed by atoms with E-state index in [4.69, 9.17) is 4.74 Å². The molecule has 0 bridgehead atoms. The lowest BCUT2D eigenvalue weighted by Crippen LogP contribution is -2.41. The summed E-state index contributed by atoms with van der Waals surface area (Å²) in [5, 5.41) is 16.5. The first-order valence-electron chi connectivity index (χ1n) is 8.65. The average molecular weight is 319 g/mol. The van der Waals surface area contributed by atoms with Crippen LogP contribution in [0.15, 0.2) is 29.3 Å². The summed E-state index contributed by atoms with van der Waals surface area (Å²) in [7, 11) is 0. The zero-order chi connectivity index (χ0) is 16.5. The van der Waals surface area contributed by atoms with E-state index in [1.165, 1.54) is 0 Å². The lowest BCUT2D eigenvalue weighted by molar-refractivity contribution is 0.134. The molecule has 128 valence electrons. The largest absolute Gasteiger partial charge is 0.494 e. The van der Waals surface area contributed by atoms with Crippen LogP contribution < -0.4 is 15.4 Å². The van der Waals surface area contributed by atoms with Crippen molar-refractivity contribution in [3.05, 3.63) is 29.8 Å². The molecule has 2 rings (SSSR count). The highest BCUT2D eigenvalue weighted by molar-refractivity contribution is 5.79. The molecular weight excluding hydrogens is 290 g/mol. The Morgan fingerprint density at radius 3 is 2.78 bits per heavy atom. The van der Waals surface area contributed by atoms with Crippen LogP contribution in [0.1, 0.15) is 38.7 Å². The molecule has 1 aliphatic rings. The standard InChI is InChI=1S/C18H29N3O2/c1-3-19-18(20-12-14-9-7-10-16(14)22)21-13-15-8-5-6-11-17(15)23-4-2/h5-6,8,11,14,16,22H,3-4,7,9-10,12-13H2,1-2H3,(H2,19,20,21). The number of hydrogen-bond acceptors (Lipinski definition) is 3. The van der Waals surface area contributed by atoms with Crippen LogP contribution in [0.2, 0.25) is 0 Å². The molecule has 0 spiro atoms. The van der Waals surface area contributed by atoms with Crippen LogP contribution in [-0.4, -0.2) is 36.9 Å². The van der Waals surface area contributed by atoms with Crippen molar-refractivity contribution in [2.45, 2.75) is 45.8 Å². The van der Waals surface area contributed by atoms with Crippen LogP contribution in [-0.2, 0) is 6.54 Å². The van der Waals surface area contributed by atoms with Gasteiger partial charge < -0.3 is 20.5 Å². The number of aliphatic imine (C=N–C) groups is 1. The SMILES string of the molecule is CCNC(=NCc1ccccc1OCC)NCC1CCCC1O. The third-order valence-corrected chi connectivity index (χ3v) is 4.17. The Morgan fingerprint density at radius 1 is 1.26 bits per heavy atom. The predicted octanol–water partition coefficient (Wildman–Crippen LogP) is 2.30. The molecule has 0 radical (unpaired) electrons. The van der Waals surface area contributed by atoms with Gasteiger partial charge in [-0.2, -0.15) is 0 Å². The summed E-state index contributed by atoms with van der Waals surface area (Å²) in [6, 6.07) is 7.99. The quantitative estimate of drug-likeness (QED) is 0.533. The Hall–Kier alpha value is -1.75. The number of nitrogens with one attached hydrogen (secondary N) is 2. The minimum absolute atomic E-state index is 0.177. The lowest BCUT2D eigenvalue weighted by Gasteiger charge is -2.18. The van der Waals surface area contributed by atoms with E-state index in [9.17, 15) is 5.11 Å². The van der Waals surface area contributed by atoms with Gasteiger partial charge in [0.1, 0.15) is 5.75 Å². The maximum absolute atomic E-state index is 9.92. The number of benzene rings is 1. The monoisotopic (exact) mass is 319 g/mol. The first-order valence-corrected chi connectivity index (χ1v) is 8.65. The minimum Gasteiger partial charge on any atom is -0.494 e. The van der Waals surface area contributed by atoms with Crippen LogP contribution >= 0.6 is 0 Å². The molecule has 3 N–H and O–H groups in total. The molecule has 1 aliphatic carbocycles. The molecule has 1 aromatic rings. The smallest absolute Gasteiger partial charge is 0.191 e. The molecule has 0 saturated heterocycles. The molecule has 1 aromatic carbocycles. The van der Waals surface area contributed by atoms with Gasteiger partial charge in [0.05, 0.1) is 19.3 Å². The third kappa shape index (κ3) is 5.43. The van der Waals surface area contributed by atoms with Gasteiger partial charge in [-0.25, -0.2) is 4.99 Å². The fourth-order valence-corrected chi connectivity index (χ4v) is 2.92. The maximum atomic E-state index is 9.92. The average Bonchev–Trinajstić information content (AvgIpc) is 2.97. The summed E-state index contributed by atoms with van der Waals surface area (Å²) in [5.74, 6) is 2.01. The molecule has 2 unspecified atom stereocenters. The van der Waals surface area contributed by atoms with Crippen LogP contribution in [0.25, 0.3) is 0 Å². The molecule has 0 heterocycles. The number of aliphatic hydroxyl groups is 1. The second-order valence-corrected chi connectivity index (χ2v) is 5.88. The molecule has 23 heavy (non-hydrogen) atoms. The number of aliphatic hydroxyl groups excluding tert-OH is 1. The topological polar surface area (TPSA) is 65.9 Å². The third-order valence-electron chi connectivity index (χ3n) is 4.17. The lowest BCUT2D eigenvalue weighted by atomic mass is 10.1. The van der Waals surface area contributed by atoms with E-state index < -0.39 is 0 Å². The van der Waals surface area contributed by atoms with Crippen molar-refractivity contribution in [3.63, 3.8) is 0 Å². The number of ether oxygens (including phenoxy) is 1. The highest BCUT2D eigenvalue weighted by Gasteiger charge is 2.24. The highest BCUT2D eigenvalue weighted by atomic mass is 16.5. The minimum atomic E-state index is -0.177. The van der Waals surface area contributed by atoms with Gasteiger partial charge in [-0.1, -0.05) is 24.6 Å². The van der Waals surface area contributed by atoms with Crippen molar-refractivity contribution >= 4 is 5.96 Å². The van der Waals surface area contributed by atoms with E-state index >= 15 is 0 Å². The zero-order valence-electron chi connectivity index (χ0n) is 14.2. The van der Waals surface area contributed by atoms with E-state index in [2.05, 4.69) is 22.5 Å². The second kappa shape index (κ2) is 9.40. The van der Waals surface area contributed by atoms with E-state index in [1.807, 2.05) is 31.2 Å². The van der Waals surface area contributed by atoms with Gasteiger partial charge >= 0.3 is 0 Å². The normalized spacial score (nSPS) is 21.3. The predicted molar refractivity (Wildman–Crippen MR) is 93.8 cm³/mol. The molecule has 5 nitrogen and oxygen atoms in total.